The first-order valence-electron chi connectivity index (χ1n) is 5.91. The van der Waals surface area contributed by atoms with Crippen molar-refractivity contribution >= 4 is 11.3 Å². The van der Waals surface area contributed by atoms with E-state index in [1.54, 1.807) is 11.3 Å². The number of aryl methyl sites for hydroxylation is 2. The van der Waals surface area contributed by atoms with Crippen LogP contribution in [0, 0.1) is 0 Å². The summed E-state index contributed by atoms with van der Waals surface area (Å²) in [6.45, 7) is 0. The Hall–Kier alpha value is -1.94. The van der Waals surface area contributed by atoms with Gasteiger partial charge in [-0.3, -0.25) is 4.57 Å². The molecule has 0 saturated carbocycles. The van der Waals surface area contributed by atoms with E-state index < -0.39 is 0 Å². The molecule has 0 N–H and O–H groups in total. The van der Waals surface area contributed by atoms with Crippen molar-refractivity contribution in [2.24, 2.45) is 0 Å². The Bertz CT molecular complexity index is 599. The van der Waals surface area contributed by atoms with Gasteiger partial charge in [0.2, 0.25) is 5.13 Å². The maximum absolute atomic E-state index is 4.23. The van der Waals surface area contributed by atoms with E-state index in [1.165, 1.54) is 5.56 Å². The zero-order valence-corrected chi connectivity index (χ0v) is 10.7. The van der Waals surface area contributed by atoms with Gasteiger partial charge in [0, 0.05) is 18.8 Å². The highest BCUT2D eigenvalue weighted by molar-refractivity contribution is 7.13. The summed E-state index contributed by atoms with van der Waals surface area (Å²) in [5.41, 5.74) is 1.34. The van der Waals surface area contributed by atoms with Crippen LogP contribution in [0.4, 0.5) is 0 Å². The molecule has 3 rings (SSSR count). The maximum atomic E-state index is 4.23. The van der Waals surface area contributed by atoms with Gasteiger partial charge in [-0.1, -0.05) is 41.7 Å². The number of nitrogens with zero attached hydrogens (tertiary/aromatic N) is 3. The van der Waals surface area contributed by atoms with E-state index in [0.717, 1.165) is 23.0 Å². The lowest BCUT2D eigenvalue weighted by atomic mass is 10.1. The summed E-state index contributed by atoms with van der Waals surface area (Å²) < 4.78 is 1.99. The minimum Gasteiger partial charge on any atom is -0.299 e. The van der Waals surface area contributed by atoms with Crippen molar-refractivity contribution in [2.75, 3.05) is 0 Å². The molecule has 0 bridgehead atoms. The Morgan fingerprint density at radius 1 is 0.889 bits per heavy atom. The average Bonchev–Trinajstić information content (AvgIpc) is 3.08. The standard InChI is InChI=1S/C14H13N3S/c1-2-6-12(7-3-1)8-9-13-15-16-14(18-13)17-10-4-5-11-17/h1-7,10-11H,8-9H2. The number of hydrogen-bond donors (Lipinski definition) is 0. The molecule has 0 unspecified atom stereocenters. The van der Waals surface area contributed by atoms with Crippen molar-refractivity contribution in [3.63, 3.8) is 0 Å². The second-order valence-corrected chi connectivity index (χ2v) is 5.09. The summed E-state index contributed by atoms with van der Waals surface area (Å²) in [6, 6.07) is 14.5. The highest BCUT2D eigenvalue weighted by Gasteiger charge is 2.05. The van der Waals surface area contributed by atoms with Crippen molar-refractivity contribution in [1.82, 2.24) is 14.8 Å². The van der Waals surface area contributed by atoms with Crippen LogP contribution >= 0.6 is 11.3 Å². The van der Waals surface area contributed by atoms with Crippen LogP contribution in [-0.2, 0) is 12.8 Å². The van der Waals surface area contributed by atoms with Crippen LogP contribution in [0.2, 0.25) is 0 Å². The summed E-state index contributed by atoms with van der Waals surface area (Å²) in [4.78, 5) is 0. The normalized spacial score (nSPS) is 10.7. The first-order chi connectivity index (χ1) is 8.92. The molecule has 0 spiro atoms. The second kappa shape index (κ2) is 5.14. The topological polar surface area (TPSA) is 30.7 Å². The number of aromatic nitrogens is 3. The zero-order chi connectivity index (χ0) is 12.2. The highest BCUT2D eigenvalue weighted by Crippen LogP contribution is 2.16. The van der Waals surface area contributed by atoms with Gasteiger partial charge in [-0.2, -0.15) is 0 Å². The first-order valence-corrected chi connectivity index (χ1v) is 6.73. The molecule has 0 aliphatic heterocycles. The third kappa shape index (κ3) is 2.49. The van der Waals surface area contributed by atoms with Crippen LogP contribution in [0.15, 0.2) is 54.9 Å². The van der Waals surface area contributed by atoms with Crippen LogP contribution in [0.5, 0.6) is 0 Å². The van der Waals surface area contributed by atoms with E-state index in [4.69, 9.17) is 0 Å². The van der Waals surface area contributed by atoms with Crippen LogP contribution in [0.1, 0.15) is 10.6 Å². The van der Waals surface area contributed by atoms with E-state index in [9.17, 15) is 0 Å². The highest BCUT2D eigenvalue weighted by atomic mass is 32.1. The number of hydrogen-bond acceptors (Lipinski definition) is 3. The molecule has 0 amide bonds. The van der Waals surface area contributed by atoms with E-state index in [1.807, 2.05) is 35.2 Å². The molecule has 0 aliphatic carbocycles. The van der Waals surface area contributed by atoms with E-state index in [-0.39, 0.29) is 0 Å². The summed E-state index contributed by atoms with van der Waals surface area (Å²) in [5, 5.41) is 10.5. The Kier molecular flexibility index (Phi) is 3.19. The van der Waals surface area contributed by atoms with Crippen LogP contribution in [0.25, 0.3) is 5.13 Å². The Morgan fingerprint density at radius 2 is 1.67 bits per heavy atom. The largest absolute Gasteiger partial charge is 0.299 e. The van der Waals surface area contributed by atoms with Gasteiger partial charge in [0.05, 0.1) is 0 Å². The van der Waals surface area contributed by atoms with Crippen molar-refractivity contribution in [1.29, 1.82) is 0 Å². The van der Waals surface area contributed by atoms with Gasteiger partial charge in [-0.15, -0.1) is 10.2 Å². The molecule has 4 heteroatoms. The zero-order valence-electron chi connectivity index (χ0n) is 9.86. The van der Waals surface area contributed by atoms with Gasteiger partial charge in [0.1, 0.15) is 5.01 Å². The monoisotopic (exact) mass is 255 g/mol. The number of rotatable bonds is 4. The Morgan fingerprint density at radius 3 is 2.44 bits per heavy atom. The lowest BCUT2D eigenvalue weighted by Gasteiger charge is -1.97. The van der Waals surface area contributed by atoms with E-state index in [0.29, 0.717) is 0 Å². The Balaban J connectivity index is 1.68. The van der Waals surface area contributed by atoms with Gasteiger partial charge in [0.25, 0.3) is 0 Å². The van der Waals surface area contributed by atoms with Gasteiger partial charge < -0.3 is 0 Å². The third-order valence-corrected chi connectivity index (χ3v) is 3.75. The maximum Gasteiger partial charge on any atom is 0.216 e. The lowest BCUT2D eigenvalue weighted by molar-refractivity contribution is 0.889. The molecule has 2 aromatic heterocycles. The molecule has 18 heavy (non-hydrogen) atoms. The van der Waals surface area contributed by atoms with Crippen LogP contribution in [-0.4, -0.2) is 14.8 Å². The molecule has 90 valence electrons. The minimum atomic E-state index is 0.933. The van der Waals surface area contributed by atoms with Gasteiger partial charge in [-0.05, 0) is 24.1 Å². The van der Waals surface area contributed by atoms with Crippen molar-refractivity contribution in [2.45, 2.75) is 12.8 Å². The molecular weight excluding hydrogens is 242 g/mol. The third-order valence-electron chi connectivity index (χ3n) is 2.75. The molecule has 2 heterocycles. The lowest BCUT2D eigenvalue weighted by Crippen LogP contribution is -1.90. The predicted octanol–water partition coefficient (Wildman–Crippen LogP) is 3.11. The van der Waals surface area contributed by atoms with Crippen LogP contribution < -0.4 is 0 Å². The summed E-state index contributed by atoms with van der Waals surface area (Å²) in [7, 11) is 0. The smallest absolute Gasteiger partial charge is 0.216 e. The van der Waals surface area contributed by atoms with Crippen molar-refractivity contribution < 1.29 is 0 Å². The molecular formula is C14H13N3S. The Labute approximate surface area is 110 Å². The molecule has 0 radical (unpaired) electrons. The summed E-state index contributed by atoms with van der Waals surface area (Å²) in [6.07, 6.45) is 5.94. The molecule has 0 fully saturated rings. The molecule has 3 nitrogen and oxygen atoms in total. The number of benzene rings is 1. The average molecular weight is 255 g/mol. The summed E-state index contributed by atoms with van der Waals surface area (Å²) in [5.74, 6) is 0. The van der Waals surface area contributed by atoms with Gasteiger partial charge in [-0.25, -0.2) is 0 Å². The molecule has 0 atom stereocenters. The van der Waals surface area contributed by atoms with Gasteiger partial charge in [0.15, 0.2) is 0 Å². The SMILES string of the molecule is c1ccc(CCc2nnc(-n3cccc3)s2)cc1. The van der Waals surface area contributed by atoms with E-state index >= 15 is 0 Å². The van der Waals surface area contributed by atoms with Crippen molar-refractivity contribution in [3.8, 4) is 5.13 Å². The van der Waals surface area contributed by atoms with E-state index in [2.05, 4.69) is 34.5 Å². The first kappa shape index (κ1) is 11.2. The predicted molar refractivity (Wildman–Crippen MR) is 73.1 cm³/mol. The second-order valence-electron chi connectivity index (χ2n) is 4.05. The fourth-order valence-electron chi connectivity index (χ4n) is 1.81. The molecule has 0 aliphatic rings. The fourth-order valence-corrected chi connectivity index (χ4v) is 2.61. The quantitative estimate of drug-likeness (QED) is 0.717. The van der Waals surface area contributed by atoms with Gasteiger partial charge >= 0.3 is 0 Å². The van der Waals surface area contributed by atoms with Crippen molar-refractivity contribution in [3.05, 3.63) is 65.4 Å². The molecule has 0 saturated heterocycles. The minimum absolute atomic E-state index is 0.933. The summed E-state index contributed by atoms with van der Waals surface area (Å²) >= 11 is 1.65. The molecule has 1 aromatic carbocycles. The fraction of sp³-hybridized carbons (Fsp3) is 0.143. The van der Waals surface area contributed by atoms with Crippen LogP contribution in [0.3, 0.4) is 0 Å². The molecule has 3 aromatic rings.